The minimum atomic E-state index is -0.340. The molecular formula is C43H26FN3. The number of halogens is 1. The molecule has 0 saturated heterocycles. The molecule has 7 aromatic carbocycles. The van der Waals surface area contributed by atoms with Crippen molar-refractivity contribution < 1.29 is 4.39 Å². The van der Waals surface area contributed by atoms with Crippen molar-refractivity contribution in [2.75, 3.05) is 0 Å². The summed E-state index contributed by atoms with van der Waals surface area (Å²) in [5, 5.41) is 14.8. The summed E-state index contributed by atoms with van der Waals surface area (Å²) in [5.41, 5.74) is 9.19. The Balaban J connectivity index is 1.38. The normalized spacial score (nSPS) is 11.5. The lowest BCUT2D eigenvalue weighted by Gasteiger charge is -2.20. The average Bonchev–Trinajstić information content (AvgIpc) is 3.64. The van der Waals surface area contributed by atoms with Crippen LogP contribution in [0.1, 0.15) is 5.56 Å². The van der Waals surface area contributed by atoms with Gasteiger partial charge in [-0.3, -0.25) is 0 Å². The number of para-hydroxylation sites is 5. The monoisotopic (exact) mass is 603 g/mol. The molecule has 0 aliphatic heterocycles. The first kappa shape index (κ1) is 26.9. The smallest absolute Gasteiger partial charge is 0.147 e. The summed E-state index contributed by atoms with van der Waals surface area (Å²) >= 11 is 0. The fraction of sp³-hybridized carbons (Fsp3) is 0. The first-order chi connectivity index (χ1) is 23.2. The van der Waals surface area contributed by atoms with E-state index in [9.17, 15) is 5.26 Å². The predicted octanol–water partition coefficient (Wildman–Crippen LogP) is 11.2. The number of nitriles is 1. The van der Waals surface area contributed by atoms with Gasteiger partial charge in [-0.25, -0.2) is 4.39 Å². The van der Waals surface area contributed by atoms with Crippen molar-refractivity contribution in [1.29, 1.82) is 5.26 Å². The van der Waals surface area contributed by atoms with Crippen molar-refractivity contribution >= 4 is 43.6 Å². The topological polar surface area (TPSA) is 33.6 Å². The van der Waals surface area contributed by atoms with Crippen molar-refractivity contribution in [2.45, 2.75) is 0 Å². The minimum absolute atomic E-state index is 0.340. The second kappa shape index (κ2) is 10.6. The fourth-order valence-electron chi connectivity index (χ4n) is 7.24. The number of fused-ring (bicyclic) bond motifs is 6. The van der Waals surface area contributed by atoms with Gasteiger partial charge >= 0.3 is 0 Å². The minimum Gasteiger partial charge on any atom is -0.307 e. The van der Waals surface area contributed by atoms with Gasteiger partial charge in [0, 0.05) is 32.7 Å². The number of hydrogen-bond acceptors (Lipinski definition) is 1. The third kappa shape index (κ3) is 4.04. The summed E-state index contributed by atoms with van der Waals surface area (Å²) < 4.78 is 20.8. The van der Waals surface area contributed by atoms with Crippen LogP contribution in [0.15, 0.2) is 158 Å². The SMILES string of the molecule is N#Cc1cccc(-c2cccc(F)c2-n2c3ccccc3c3cc(-c4ccccc4)ccc32)c1-n1c2ccccc2c2ccccc21. The second-order valence-electron chi connectivity index (χ2n) is 11.8. The van der Waals surface area contributed by atoms with Crippen LogP contribution in [-0.4, -0.2) is 9.13 Å². The summed E-state index contributed by atoms with van der Waals surface area (Å²) in [5.74, 6) is -0.340. The molecule has 47 heavy (non-hydrogen) atoms. The maximum absolute atomic E-state index is 16.6. The lowest BCUT2D eigenvalue weighted by molar-refractivity contribution is 0.621. The Morgan fingerprint density at radius 3 is 1.57 bits per heavy atom. The van der Waals surface area contributed by atoms with E-state index in [0.717, 1.165) is 66.0 Å². The first-order valence-corrected chi connectivity index (χ1v) is 15.6. The molecule has 0 amide bonds. The van der Waals surface area contributed by atoms with Gasteiger partial charge in [-0.15, -0.1) is 0 Å². The van der Waals surface area contributed by atoms with Gasteiger partial charge in [0.1, 0.15) is 11.9 Å². The predicted molar refractivity (Wildman–Crippen MR) is 191 cm³/mol. The molecule has 0 N–H and O–H groups in total. The molecule has 0 radical (unpaired) electrons. The lowest BCUT2D eigenvalue weighted by Crippen LogP contribution is -2.05. The molecule has 0 bridgehead atoms. The van der Waals surface area contributed by atoms with Gasteiger partial charge in [0.2, 0.25) is 0 Å². The van der Waals surface area contributed by atoms with Gasteiger partial charge in [0.05, 0.1) is 39.0 Å². The van der Waals surface area contributed by atoms with E-state index < -0.39 is 0 Å². The van der Waals surface area contributed by atoms with Gasteiger partial charge in [-0.2, -0.15) is 5.26 Å². The Kier molecular flexibility index (Phi) is 6.06. The van der Waals surface area contributed by atoms with Crippen LogP contribution < -0.4 is 0 Å². The van der Waals surface area contributed by atoms with E-state index in [0.29, 0.717) is 16.8 Å². The van der Waals surface area contributed by atoms with Crippen LogP contribution in [0, 0.1) is 17.1 Å². The summed E-state index contributed by atoms with van der Waals surface area (Å²) in [6, 6.07) is 54.8. The summed E-state index contributed by atoms with van der Waals surface area (Å²) in [7, 11) is 0. The zero-order valence-electron chi connectivity index (χ0n) is 25.2. The Morgan fingerprint density at radius 2 is 0.936 bits per heavy atom. The third-order valence-electron chi connectivity index (χ3n) is 9.24. The van der Waals surface area contributed by atoms with E-state index >= 15 is 4.39 Å². The number of rotatable bonds is 4. The highest BCUT2D eigenvalue weighted by Gasteiger charge is 2.24. The Morgan fingerprint density at radius 1 is 0.426 bits per heavy atom. The molecule has 9 aromatic rings. The van der Waals surface area contributed by atoms with E-state index in [2.05, 4.69) is 71.3 Å². The van der Waals surface area contributed by atoms with Crippen LogP contribution in [-0.2, 0) is 0 Å². The molecular weight excluding hydrogens is 577 g/mol. The lowest BCUT2D eigenvalue weighted by atomic mass is 9.97. The van der Waals surface area contributed by atoms with Crippen molar-refractivity contribution in [2.24, 2.45) is 0 Å². The number of benzene rings is 7. The molecule has 220 valence electrons. The number of hydrogen-bond donors (Lipinski definition) is 0. The maximum Gasteiger partial charge on any atom is 0.147 e. The quantitative estimate of drug-likeness (QED) is 0.197. The molecule has 0 fully saturated rings. The average molecular weight is 604 g/mol. The van der Waals surface area contributed by atoms with Crippen molar-refractivity contribution in [3.63, 3.8) is 0 Å². The molecule has 0 aliphatic rings. The highest BCUT2D eigenvalue weighted by molar-refractivity contribution is 6.12. The molecule has 0 aliphatic carbocycles. The van der Waals surface area contributed by atoms with E-state index in [4.69, 9.17) is 0 Å². The Hall–Kier alpha value is -6.44. The molecule has 3 nitrogen and oxygen atoms in total. The molecule has 0 atom stereocenters. The highest BCUT2D eigenvalue weighted by atomic mass is 19.1. The fourth-order valence-corrected chi connectivity index (χ4v) is 7.24. The van der Waals surface area contributed by atoms with Crippen LogP contribution in [0.4, 0.5) is 4.39 Å². The van der Waals surface area contributed by atoms with Crippen LogP contribution in [0.2, 0.25) is 0 Å². The molecule has 9 rings (SSSR count). The summed E-state index contributed by atoms with van der Waals surface area (Å²) in [4.78, 5) is 0. The van der Waals surface area contributed by atoms with Crippen molar-refractivity contribution in [1.82, 2.24) is 9.13 Å². The van der Waals surface area contributed by atoms with E-state index in [1.165, 1.54) is 6.07 Å². The van der Waals surface area contributed by atoms with Gasteiger partial charge in [-0.05, 0) is 53.6 Å². The van der Waals surface area contributed by atoms with Crippen LogP contribution in [0.5, 0.6) is 0 Å². The first-order valence-electron chi connectivity index (χ1n) is 15.6. The van der Waals surface area contributed by atoms with Gasteiger partial charge in [-0.1, -0.05) is 115 Å². The summed E-state index contributed by atoms with van der Waals surface area (Å²) in [6.45, 7) is 0. The Labute approximate surface area is 270 Å². The standard InChI is InChI=1S/C43H26FN3/c44-37-20-11-19-35(34-18-10-14-30(27-45)42(34)46-38-21-7-4-15-31(38)32-16-5-8-22-39(32)46)43(37)47-40-23-9-6-17-33(40)36-26-29(24-25-41(36)47)28-12-2-1-3-13-28/h1-26H. The highest BCUT2D eigenvalue weighted by Crippen LogP contribution is 2.43. The van der Waals surface area contributed by atoms with Crippen molar-refractivity contribution in [3.05, 3.63) is 169 Å². The third-order valence-corrected chi connectivity index (χ3v) is 9.24. The van der Waals surface area contributed by atoms with Crippen LogP contribution >= 0.6 is 0 Å². The molecule has 0 spiro atoms. The number of nitrogens with zero attached hydrogens (tertiary/aromatic N) is 3. The largest absolute Gasteiger partial charge is 0.307 e. The van der Waals surface area contributed by atoms with E-state index in [-0.39, 0.29) is 5.82 Å². The molecule has 2 heterocycles. The maximum atomic E-state index is 16.6. The molecule has 4 heteroatoms. The molecule has 2 aromatic heterocycles. The van der Waals surface area contributed by atoms with Gasteiger partial charge in [0.25, 0.3) is 0 Å². The molecule has 0 saturated carbocycles. The summed E-state index contributed by atoms with van der Waals surface area (Å²) in [6.07, 6.45) is 0. The number of aromatic nitrogens is 2. The van der Waals surface area contributed by atoms with Crippen LogP contribution in [0.3, 0.4) is 0 Å². The Bertz CT molecular complexity index is 2650. The molecule has 0 unspecified atom stereocenters. The van der Waals surface area contributed by atoms with Crippen molar-refractivity contribution in [3.8, 4) is 39.7 Å². The van der Waals surface area contributed by atoms with Crippen LogP contribution in [0.25, 0.3) is 77.2 Å². The van der Waals surface area contributed by atoms with Gasteiger partial charge in [0.15, 0.2) is 0 Å². The second-order valence-corrected chi connectivity index (χ2v) is 11.8. The zero-order chi connectivity index (χ0) is 31.5. The van der Waals surface area contributed by atoms with Gasteiger partial charge < -0.3 is 9.13 Å². The van der Waals surface area contributed by atoms with E-state index in [1.54, 1.807) is 6.07 Å². The zero-order valence-corrected chi connectivity index (χ0v) is 25.2. The van der Waals surface area contributed by atoms with E-state index in [1.807, 2.05) is 89.5 Å².